The lowest BCUT2D eigenvalue weighted by atomic mass is 9.93. The van der Waals surface area contributed by atoms with E-state index in [1.807, 2.05) is 31.2 Å². The first kappa shape index (κ1) is 15.4. The van der Waals surface area contributed by atoms with E-state index in [2.05, 4.69) is 5.32 Å². The number of nitrogens with one attached hydrogen (secondary N) is 1. The molecule has 1 fully saturated rings. The molecule has 0 spiro atoms. The summed E-state index contributed by atoms with van der Waals surface area (Å²) >= 11 is 0. The molecule has 5 heteroatoms. The molecule has 1 aliphatic heterocycles. The average Bonchev–Trinajstić information content (AvgIpc) is 2.48. The van der Waals surface area contributed by atoms with E-state index in [4.69, 9.17) is 5.11 Å². The number of aryl methyl sites for hydroxylation is 1. The van der Waals surface area contributed by atoms with Gasteiger partial charge in [0, 0.05) is 25.2 Å². The summed E-state index contributed by atoms with van der Waals surface area (Å²) in [5.74, 6) is -0.477. The third-order valence-electron chi connectivity index (χ3n) is 3.88. The number of rotatable bonds is 4. The van der Waals surface area contributed by atoms with Crippen LogP contribution in [-0.2, 0) is 4.79 Å². The average molecular weight is 290 g/mol. The maximum absolute atomic E-state index is 12.2. The van der Waals surface area contributed by atoms with Crippen molar-refractivity contribution in [3.63, 3.8) is 0 Å². The molecule has 0 aromatic heterocycles. The number of urea groups is 1. The molecule has 5 nitrogen and oxygen atoms in total. The number of anilines is 1. The number of carboxylic acids is 1. The zero-order chi connectivity index (χ0) is 15.2. The molecule has 0 aliphatic carbocycles. The number of hydrogen-bond donors (Lipinski definition) is 2. The molecule has 1 unspecified atom stereocenters. The molecule has 1 aliphatic rings. The highest BCUT2D eigenvalue weighted by molar-refractivity contribution is 5.89. The number of carbonyl (C=O) groups is 2. The minimum Gasteiger partial charge on any atom is -0.481 e. The molecule has 2 rings (SSSR count). The number of carboxylic acid groups (broad SMARTS) is 1. The molecule has 1 saturated heterocycles. The van der Waals surface area contributed by atoms with Crippen LogP contribution in [0.15, 0.2) is 24.3 Å². The highest BCUT2D eigenvalue weighted by Gasteiger charge is 2.24. The molecular formula is C16H22N2O3. The first-order valence-corrected chi connectivity index (χ1v) is 7.39. The number of amides is 2. The lowest BCUT2D eigenvalue weighted by molar-refractivity contribution is -0.137. The molecule has 2 N–H and O–H groups in total. The van der Waals surface area contributed by atoms with Gasteiger partial charge < -0.3 is 15.3 Å². The Morgan fingerprint density at radius 1 is 1.33 bits per heavy atom. The van der Waals surface area contributed by atoms with Crippen LogP contribution in [0.1, 0.15) is 31.2 Å². The van der Waals surface area contributed by atoms with E-state index in [0.29, 0.717) is 18.9 Å². The van der Waals surface area contributed by atoms with Crippen molar-refractivity contribution in [2.45, 2.75) is 32.6 Å². The van der Waals surface area contributed by atoms with Gasteiger partial charge in [-0.15, -0.1) is 0 Å². The molecule has 1 aromatic carbocycles. The molecule has 1 heterocycles. The monoisotopic (exact) mass is 290 g/mol. The number of likely N-dealkylation sites (tertiary alicyclic amines) is 1. The Morgan fingerprint density at radius 2 is 2.05 bits per heavy atom. The summed E-state index contributed by atoms with van der Waals surface area (Å²) < 4.78 is 0. The van der Waals surface area contributed by atoms with Crippen LogP contribution in [0.3, 0.4) is 0 Å². The minimum atomic E-state index is -0.767. The number of benzene rings is 1. The van der Waals surface area contributed by atoms with Gasteiger partial charge in [0.2, 0.25) is 0 Å². The Balaban J connectivity index is 1.86. The predicted octanol–water partition coefficient (Wildman–Crippen LogP) is 3.10. The molecule has 0 radical (unpaired) electrons. The second-order valence-corrected chi connectivity index (χ2v) is 5.68. The van der Waals surface area contributed by atoms with Crippen molar-refractivity contribution >= 4 is 17.7 Å². The quantitative estimate of drug-likeness (QED) is 0.895. The van der Waals surface area contributed by atoms with Crippen LogP contribution in [0.25, 0.3) is 0 Å². The molecule has 2 amide bonds. The predicted molar refractivity (Wildman–Crippen MR) is 81.4 cm³/mol. The molecule has 21 heavy (non-hydrogen) atoms. The normalized spacial score (nSPS) is 18.3. The van der Waals surface area contributed by atoms with Gasteiger partial charge in [-0.3, -0.25) is 4.79 Å². The smallest absolute Gasteiger partial charge is 0.321 e. The summed E-state index contributed by atoms with van der Waals surface area (Å²) in [5.41, 5.74) is 1.94. The highest BCUT2D eigenvalue weighted by atomic mass is 16.4. The van der Waals surface area contributed by atoms with Gasteiger partial charge >= 0.3 is 12.0 Å². The van der Waals surface area contributed by atoms with Crippen molar-refractivity contribution in [3.8, 4) is 0 Å². The lowest BCUT2D eigenvalue weighted by Gasteiger charge is -2.32. The first-order chi connectivity index (χ1) is 10.0. The fourth-order valence-electron chi connectivity index (χ4n) is 2.65. The van der Waals surface area contributed by atoms with E-state index in [9.17, 15) is 9.59 Å². The van der Waals surface area contributed by atoms with Gasteiger partial charge in [0.05, 0.1) is 0 Å². The van der Waals surface area contributed by atoms with Crippen LogP contribution in [0.5, 0.6) is 0 Å². The van der Waals surface area contributed by atoms with Crippen molar-refractivity contribution < 1.29 is 14.7 Å². The molecular weight excluding hydrogens is 268 g/mol. The lowest BCUT2D eigenvalue weighted by Crippen LogP contribution is -2.42. The van der Waals surface area contributed by atoms with Gasteiger partial charge in [0.15, 0.2) is 0 Å². The maximum Gasteiger partial charge on any atom is 0.321 e. The highest BCUT2D eigenvalue weighted by Crippen LogP contribution is 2.21. The van der Waals surface area contributed by atoms with Crippen LogP contribution >= 0.6 is 0 Å². The largest absolute Gasteiger partial charge is 0.481 e. The Bertz CT molecular complexity index is 499. The van der Waals surface area contributed by atoms with Gasteiger partial charge in [-0.25, -0.2) is 4.79 Å². The van der Waals surface area contributed by atoms with Crippen LogP contribution < -0.4 is 5.32 Å². The Hall–Kier alpha value is -2.04. The topological polar surface area (TPSA) is 69.6 Å². The standard InChI is InChI=1S/C16H22N2O3/c1-12-4-7-14(8-5-12)17-16(21)18-10-2-3-13(11-18)6-9-15(19)20/h4-5,7-8,13H,2-3,6,9-11H2,1H3,(H,17,21)(H,19,20). The second kappa shape index (κ2) is 7.11. The molecule has 114 valence electrons. The van der Waals surface area contributed by atoms with E-state index in [1.54, 1.807) is 4.90 Å². The molecule has 0 saturated carbocycles. The fraction of sp³-hybridized carbons (Fsp3) is 0.500. The third-order valence-corrected chi connectivity index (χ3v) is 3.88. The Morgan fingerprint density at radius 3 is 2.71 bits per heavy atom. The third kappa shape index (κ3) is 4.77. The fourth-order valence-corrected chi connectivity index (χ4v) is 2.65. The van der Waals surface area contributed by atoms with E-state index in [0.717, 1.165) is 30.6 Å². The van der Waals surface area contributed by atoms with Crippen molar-refractivity contribution in [1.82, 2.24) is 4.90 Å². The second-order valence-electron chi connectivity index (χ2n) is 5.68. The number of carbonyl (C=O) groups excluding carboxylic acids is 1. The summed E-state index contributed by atoms with van der Waals surface area (Å²) in [6.07, 6.45) is 2.76. The number of piperidine rings is 1. The zero-order valence-corrected chi connectivity index (χ0v) is 12.3. The van der Waals surface area contributed by atoms with Crippen LogP contribution in [-0.4, -0.2) is 35.1 Å². The molecule has 1 atom stereocenters. The summed E-state index contributed by atoms with van der Waals surface area (Å²) in [7, 11) is 0. The van der Waals surface area contributed by atoms with Crippen LogP contribution in [0, 0.1) is 12.8 Å². The van der Waals surface area contributed by atoms with Crippen molar-refractivity contribution in [3.05, 3.63) is 29.8 Å². The van der Waals surface area contributed by atoms with E-state index >= 15 is 0 Å². The van der Waals surface area contributed by atoms with Crippen molar-refractivity contribution in [2.75, 3.05) is 18.4 Å². The zero-order valence-electron chi connectivity index (χ0n) is 12.3. The molecule has 0 bridgehead atoms. The Kier molecular flexibility index (Phi) is 5.20. The minimum absolute atomic E-state index is 0.0983. The SMILES string of the molecule is Cc1ccc(NC(=O)N2CCCC(CCC(=O)O)C2)cc1. The number of hydrogen-bond acceptors (Lipinski definition) is 2. The van der Waals surface area contributed by atoms with Gasteiger partial charge in [-0.2, -0.15) is 0 Å². The maximum atomic E-state index is 12.2. The van der Waals surface area contributed by atoms with E-state index in [1.165, 1.54) is 0 Å². The van der Waals surface area contributed by atoms with Gasteiger partial charge in [0.25, 0.3) is 0 Å². The van der Waals surface area contributed by atoms with E-state index in [-0.39, 0.29) is 12.5 Å². The summed E-state index contributed by atoms with van der Waals surface area (Å²) in [6, 6.07) is 7.60. The van der Waals surface area contributed by atoms with Gasteiger partial charge in [-0.05, 0) is 44.2 Å². The van der Waals surface area contributed by atoms with Crippen LogP contribution in [0.2, 0.25) is 0 Å². The van der Waals surface area contributed by atoms with Gasteiger partial charge in [0.1, 0.15) is 0 Å². The Labute approximate surface area is 125 Å². The first-order valence-electron chi connectivity index (χ1n) is 7.39. The molecule has 1 aromatic rings. The number of nitrogens with zero attached hydrogens (tertiary/aromatic N) is 1. The van der Waals surface area contributed by atoms with E-state index < -0.39 is 5.97 Å². The van der Waals surface area contributed by atoms with Gasteiger partial charge in [-0.1, -0.05) is 17.7 Å². The number of aliphatic carboxylic acids is 1. The van der Waals surface area contributed by atoms with Crippen molar-refractivity contribution in [1.29, 1.82) is 0 Å². The summed E-state index contributed by atoms with van der Waals surface area (Å²) in [6.45, 7) is 3.38. The summed E-state index contributed by atoms with van der Waals surface area (Å²) in [4.78, 5) is 24.7. The summed E-state index contributed by atoms with van der Waals surface area (Å²) in [5, 5.41) is 11.6. The van der Waals surface area contributed by atoms with Crippen molar-refractivity contribution in [2.24, 2.45) is 5.92 Å². The van der Waals surface area contributed by atoms with Crippen LogP contribution in [0.4, 0.5) is 10.5 Å².